The zero-order valence-corrected chi connectivity index (χ0v) is 14.9. The van der Waals surface area contributed by atoms with E-state index in [2.05, 4.69) is 5.32 Å². The van der Waals surface area contributed by atoms with Crippen LogP contribution in [-0.2, 0) is 16.1 Å². The molecule has 0 saturated carbocycles. The summed E-state index contributed by atoms with van der Waals surface area (Å²) in [5.74, 6) is -0.164. The van der Waals surface area contributed by atoms with Crippen molar-refractivity contribution in [3.05, 3.63) is 35.9 Å². The maximum atomic E-state index is 12.6. The van der Waals surface area contributed by atoms with Gasteiger partial charge in [-0.05, 0) is 32.3 Å². The number of amides is 2. The van der Waals surface area contributed by atoms with Crippen molar-refractivity contribution in [2.45, 2.75) is 52.8 Å². The lowest BCUT2D eigenvalue weighted by Gasteiger charge is -2.28. The predicted octanol–water partition coefficient (Wildman–Crippen LogP) is 3.19. The lowest BCUT2D eigenvalue weighted by molar-refractivity contribution is -0.133. The van der Waals surface area contributed by atoms with Gasteiger partial charge in [-0.25, -0.2) is 4.79 Å². The van der Waals surface area contributed by atoms with E-state index in [-0.39, 0.29) is 11.8 Å². The smallest absolute Gasteiger partial charge is 0.408 e. The van der Waals surface area contributed by atoms with Gasteiger partial charge in [0.25, 0.3) is 0 Å². The van der Waals surface area contributed by atoms with E-state index in [1.165, 1.54) is 0 Å². The standard InChI is InChI=1S/C18H28N2O3/c1-13(2)15(19-17(22)23-18(3,4)5)16(21)20(6)12-14-10-8-7-9-11-14/h7-11,13,15H,12H2,1-6H3,(H,19,22)/t15-/m0/s1. The summed E-state index contributed by atoms with van der Waals surface area (Å²) in [6, 6.07) is 9.13. The molecule has 0 radical (unpaired) electrons. The Morgan fingerprint density at radius 1 is 1.17 bits per heavy atom. The van der Waals surface area contributed by atoms with Gasteiger partial charge >= 0.3 is 6.09 Å². The van der Waals surface area contributed by atoms with Crippen LogP contribution in [0.3, 0.4) is 0 Å². The molecular weight excluding hydrogens is 292 g/mol. The van der Waals surface area contributed by atoms with Gasteiger partial charge in [0.05, 0.1) is 0 Å². The number of ether oxygens (including phenoxy) is 1. The molecule has 1 aromatic carbocycles. The Balaban J connectivity index is 2.72. The van der Waals surface area contributed by atoms with Gasteiger partial charge in [-0.15, -0.1) is 0 Å². The van der Waals surface area contributed by atoms with Crippen molar-refractivity contribution < 1.29 is 14.3 Å². The Hall–Kier alpha value is -2.04. The van der Waals surface area contributed by atoms with Gasteiger partial charge in [-0.1, -0.05) is 44.2 Å². The first-order valence-electron chi connectivity index (χ1n) is 7.88. The first-order chi connectivity index (χ1) is 10.6. The zero-order chi connectivity index (χ0) is 17.6. The number of carbonyl (C=O) groups excluding carboxylic acids is 2. The molecule has 1 rings (SSSR count). The fraction of sp³-hybridized carbons (Fsp3) is 0.556. The lowest BCUT2D eigenvalue weighted by atomic mass is 10.0. The highest BCUT2D eigenvalue weighted by Gasteiger charge is 2.29. The molecule has 0 unspecified atom stereocenters. The third-order valence-corrected chi connectivity index (χ3v) is 3.24. The molecule has 0 spiro atoms. The van der Waals surface area contributed by atoms with Gasteiger partial charge in [0.2, 0.25) is 5.91 Å². The number of hydrogen-bond donors (Lipinski definition) is 1. The summed E-state index contributed by atoms with van der Waals surface area (Å²) in [6.07, 6.45) is -0.572. The van der Waals surface area contributed by atoms with Gasteiger partial charge in [0.1, 0.15) is 11.6 Å². The molecule has 1 atom stereocenters. The molecule has 23 heavy (non-hydrogen) atoms. The van der Waals surface area contributed by atoms with E-state index in [9.17, 15) is 9.59 Å². The first kappa shape index (κ1) is 19.0. The molecule has 128 valence electrons. The normalized spacial score (nSPS) is 12.7. The zero-order valence-electron chi connectivity index (χ0n) is 14.9. The second-order valence-electron chi connectivity index (χ2n) is 7.05. The van der Waals surface area contributed by atoms with Crippen LogP contribution in [0.2, 0.25) is 0 Å². The maximum absolute atomic E-state index is 12.6. The van der Waals surface area contributed by atoms with Crippen molar-refractivity contribution in [3.8, 4) is 0 Å². The molecule has 0 aliphatic heterocycles. The molecule has 0 aromatic heterocycles. The largest absolute Gasteiger partial charge is 0.444 e. The van der Waals surface area contributed by atoms with Gasteiger partial charge < -0.3 is 15.0 Å². The summed E-state index contributed by atoms with van der Waals surface area (Å²) in [7, 11) is 1.74. The van der Waals surface area contributed by atoms with Crippen LogP contribution >= 0.6 is 0 Å². The van der Waals surface area contributed by atoms with Crippen molar-refractivity contribution in [1.29, 1.82) is 0 Å². The average molecular weight is 320 g/mol. The minimum absolute atomic E-state index is 0.0340. The SMILES string of the molecule is CC(C)[C@H](NC(=O)OC(C)(C)C)C(=O)N(C)Cc1ccccc1. The number of carbonyl (C=O) groups is 2. The van der Waals surface area contributed by atoms with Crippen LogP contribution in [0.5, 0.6) is 0 Å². The average Bonchev–Trinajstić information content (AvgIpc) is 2.43. The summed E-state index contributed by atoms with van der Waals surface area (Å²) in [5, 5.41) is 2.69. The quantitative estimate of drug-likeness (QED) is 0.906. The summed E-state index contributed by atoms with van der Waals surface area (Å²) in [4.78, 5) is 26.2. The third-order valence-electron chi connectivity index (χ3n) is 3.24. The Morgan fingerprint density at radius 2 is 1.74 bits per heavy atom. The van der Waals surface area contributed by atoms with Crippen molar-refractivity contribution in [2.75, 3.05) is 7.05 Å². The van der Waals surface area contributed by atoms with E-state index in [1.807, 2.05) is 44.2 Å². The van der Waals surface area contributed by atoms with Crippen molar-refractivity contribution in [3.63, 3.8) is 0 Å². The minimum atomic E-state index is -0.612. The van der Waals surface area contributed by atoms with E-state index in [1.54, 1.807) is 32.7 Å². The van der Waals surface area contributed by atoms with E-state index in [0.717, 1.165) is 5.56 Å². The van der Waals surface area contributed by atoms with Gasteiger partial charge in [-0.2, -0.15) is 0 Å². The van der Waals surface area contributed by atoms with Crippen LogP contribution < -0.4 is 5.32 Å². The van der Waals surface area contributed by atoms with Crippen LogP contribution in [0.15, 0.2) is 30.3 Å². The molecule has 5 nitrogen and oxygen atoms in total. The summed E-state index contributed by atoms with van der Waals surface area (Å²) in [6.45, 7) is 9.67. The van der Waals surface area contributed by atoms with Crippen molar-refractivity contribution in [2.24, 2.45) is 5.92 Å². The molecule has 1 aromatic rings. The number of nitrogens with zero attached hydrogens (tertiary/aromatic N) is 1. The van der Waals surface area contributed by atoms with Crippen LogP contribution in [0, 0.1) is 5.92 Å². The fourth-order valence-electron chi connectivity index (χ4n) is 2.12. The van der Waals surface area contributed by atoms with Crippen LogP contribution in [0.4, 0.5) is 4.79 Å². The van der Waals surface area contributed by atoms with Crippen LogP contribution in [0.1, 0.15) is 40.2 Å². The molecule has 0 heterocycles. The van der Waals surface area contributed by atoms with Crippen LogP contribution in [-0.4, -0.2) is 35.6 Å². The summed E-state index contributed by atoms with van der Waals surface area (Å²) < 4.78 is 5.25. The molecule has 0 fully saturated rings. The number of benzene rings is 1. The Labute approximate surface area is 139 Å². The number of hydrogen-bond acceptors (Lipinski definition) is 3. The second-order valence-corrected chi connectivity index (χ2v) is 7.05. The maximum Gasteiger partial charge on any atom is 0.408 e. The highest BCUT2D eigenvalue weighted by atomic mass is 16.6. The molecule has 0 aliphatic carbocycles. The Kier molecular flexibility index (Phi) is 6.61. The highest BCUT2D eigenvalue weighted by molar-refractivity contribution is 5.85. The van der Waals surface area contributed by atoms with Gasteiger partial charge in [-0.3, -0.25) is 4.79 Å². The van der Waals surface area contributed by atoms with E-state index in [0.29, 0.717) is 6.54 Å². The van der Waals surface area contributed by atoms with Crippen molar-refractivity contribution in [1.82, 2.24) is 10.2 Å². The Bertz CT molecular complexity index is 521. The van der Waals surface area contributed by atoms with E-state index >= 15 is 0 Å². The summed E-state index contributed by atoms with van der Waals surface area (Å²) >= 11 is 0. The molecule has 1 N–H and O–H groups in total. The molecule has 0 saturated heterocycles. The number of rotatable bonds is 5. The minimum Gasteiger partial charge on any atom is -0.444 e. The lowest BCUT2D eigenvalue weighted by Crippen LogP contribution is -2.51. The predicted molar refractivity (Wildman–Crippen MR) is 90.9 cm³/mol. The molecular formula is C18H28N2O3. The van der Waals surface area contributed by atoms with Crippen LogP contribution in [0.25, 0.3) is 0 Å². The second kappa shape index (κ2) is 7.99. The summed E-state index contributed by atoms with van der Waals surface area (Å²) in [5.41, 5.74) is 0.452. The molecule has 2 amide bonds. The van der Waals surface area contributed by atoms with Gasteiger partial charge in [0, 0.05) is 13.6 Å². The molecule has 0 bridgehead atoms. The van der Waals surface area contributed by atoms with Gasteiger partial charge in [0.15, 0.2) is 0 Å². The third kappa shape index (κ3) is 6.72. The van der Waals surface area contributed by atoms with E-state index < -0.39 is 17.7 Å². The van der Waals surface area contributed by atoms with E-state index in [4.69, 9.17) is 4.74 Å². The number of likely N-dealkylation sites (N-methyl/N-ethyl adjacent to an activating group) is 1. The number of alkyl carbamates (subject to hydrolysis) is 1. The topological polar surface area (TPSA) is 58.6 Å². The molecule has 5 heteroatoms. The fourth-order valence-corrected chi connectivity index (χ4v) is 2.12. The molecule has 0 aliphatic rings. The number of nitrogens with one attached hydrogen (secondary N) is 1. The highest BCUT2D eigenvalue weighted by Crippen LogP contribution is 2.11. The van der Waals surface area contributed by atoms with Crippen molar-refractivity contribution >= 4 is 12.0 Å². The monoisotopic (exact) mass is 320 g/mol. The Morgan fingerprint density at radius 3 is 2.22 bits per heavy atom. The first-order valence-corrected chi connectivity index (χ1v) is 7.88.